The predicted molar refractivity (Wildman–Crippen MR) is 122 cm³/mol. The van der Waals surface area contributed by atoms with Gasteiger partial charge in [0.05, 0.1) is 10.9 Å². The Morgan fingerprint density at radius 2 is 1.74 bits per heavy atom. The molecular weight excluding hydrogens is 414 g/mol. The number of rotatable bonds is 6. The standard InChI is InChI=1S/C25H18ClNO4/c26-19-8-5-17(6-9-19)15-30-21-12-10-20(11-13-21)27-24(28)14-7-18-16-31-23-4-2-1-3-22(23)25(18)29/h1-14,16H,15H2,(H,27,28)/b14-7+. The number of nitrogens with one attached hydrogen (secondary N) is 1. The molecule has 4 rings (SSSR count). The molecule has 0 aliphatic carbocycles. The van der Waals surface area contributed by atoms with E-state index in [9.17, 15) is 9.59 Å². The van der Waals surface area contributed by atoms with Crippen molar-refractivity contribution in [3.63, 3.8) is 0 Å². The monoisotopic (exact) mass is 431 g/mol. The lowest BCUT2D eigenvalue weighted by Gasteiger charge is -2.08. The number of halogens is 1. The highest BCUT2D eigenvalue weighted by atomic mass is 35.5. The summed E-state index contributed by atoms with van der Waals surface area (Å²) in [4.78, 5) is 24.7. The van der Waals surface area contributed by atoms with Crippen LogP contribution in [0.25, 0.3) is 17.0 Å². The molecule has 3 aromatic carbocycles. The number of carbonyl (C=O) groups is 1. The first-order chi connectivity index (χ1) is 15.1. The molecule has 6 heteroatoms. The fourth-order valence-electron chi connectivity index (χ4n) is 2.94. The van der Waals surface area contributed by atoms with Gasteiger partial charge in [-0.05, 0) is 60.2 Å². The molecule has 0 bridgehead atoms. The fraction of sp³-hybridized carbons (Fsp3) is 0.0400. The molecule has 31 heavy (non-hydrogen) atoms. The van der Waals surface area contributed by atoms with Gasteiger partial charge in [-0.15, -0.1) is 0 Å². The fourth-order valence-corrected chi connectivity index (χ4v) is 3.07. The van der Waals surface area contributed by atoms with Crippen LogP contribution in [-0.4, -0.2) is 5.91 Å². The molecule has 0 atom stereocenters. The average Bonchev–Trinajstić information content (AvgIpc) is 2.79. The molecule has 0 spiro atoms. The Balaban J connectivity index is 1.36. The van der Waals surface area contributed by atoms with E-state index in [2.05, 4.69) is 5.32 Å². The summed E-state index contributed by atoms with van der Waals surface area (Å²) in [5.41, 5.74) is 2.24. The summed E-state index contributed by atoms with van der Waals surface area (Å²) in [5.74, 6) is 0.319. The summed E-state index contributed by atoms with van der Waals surface area (Å²) < 4.78 is 11.2. The Kier molecular flexibility index (Phi) is 6.15. The molecular formula is C25H18ClNO4. The first-order valence-corrected chi connectivity index (χ1v) is 9.93. The minimum Gasteiger partial charge on any atom is -0.489 e. The van der Waals surface area contributed by atoms with E-state index in [1.54, 1.807) is 48.5 Å². The van der Waals surface area contributed by atoms with Gasteiger partial charge in [0, 0.05) is 16.8 Å². The molecule has 0 saturated carbocycles. The van der Waals surface area contributed by atoms with Crippen molar-refractivity contribution >= 4 is 40.2 Å². The zero-order chi connectivity index (χ0) is 21.6. The van der Waals surface area contributed by atoms with E-state index >= 15 is 0 Å². The molecule has 0 aliphatic heterocycles. The number of hydrogen-bond donors (Lipinski definition) is 1. The summed E-state index contributed by atoms with van der Waals surface area (Å²) in [6.07, 6.45) is 4.09. The second kappa shape index (κ2) is 9.32. The molecule has 1 amide bonds. The van der Waals surface area contributed by atoms with Gasteiger partial charge in [-0.1, -0.05) is 35.9 Å². The molecule has 0 unspecified atom stereocenters. The lowest BCUT2D eigenvalue weighted by atomic mass is 10.1. The van der Waals surface area contributed by atoms with Gasteiger partial charge in [-0.25, -0.2) is 0 Å². The maximum absolute atomic E-state index is 12.5. The summed E-state index contributed by atoms with van der Waals surface area (Å²) in [7, 11) is 0. The van der Waals surface area contributed by atoms with Crippen LogP contribution in [0.15, 0.2) is 94.3 Å². The van der Waals surface area contributed by atoms with Crippen LogP contribution in [0.2, 0.25) is 5.02 Å². The molecule has 5 nitrogen and oxygen atoms in total. The second-order valence-electron chi connectivity index (χ2n) is 6.78. The van der Waals surface area contributed by atoms with Crippen molar-refractivity contribution in [1.82, 2.24) is 0 Å². The van der Waals surface area contributed by atoms with Crippen molar-refractivity contribution in [2.24, 2.45) is 0 Å². The van der Waals surface area contributed by atoms with Crippen molar-refractivity contribution in [2.45, 2.75) is 6.61 Å². The smallest absolute Gasteiger partial charge is 0.248 e. The van der Waals surface area contributed by atoms with Crippen LogP contribution in [0.5, 0.6) is 5.75 Å². The van der Waals surface area contributed by atoms with Gasteiger partial charge in [0.15, 0.2) is 5.43 Å². The van der Waals surface area contributed by atoms with Crippen molar-refractivity contribution in [3.05, 3.63) is 112 Å². The highest BCUT2D eigenvalue weighted by Crippen LogP contribution is 2.18. The number of hydrogen-bond acceptors (Lipinski definition) is 4. The van der Waals surface area contributed by atoms with Gasteiger partial charge >= 0.3 is 0 Å². The van der Waals surface area contributed by atoms with Gasteiger partial charge in [-0.2, -0.15) is 0 Å². The van der Waals surface area contributed by atoms with Crippen LogP contribution in [-0.2, 0) is 11.4 Å². The third-order valence-electron chi connectivity index (χ3n) is 4.56. The molecule has 0 aliphatic rings. The van der Waals surface area contributed by atoms with E-state index in [0.717, 1.165) is 5.56 Å². The maximum atomic E-state index is 12.5. The van der Waals surface area contributed by atoms with Crippen LogP contribution in [0.4, 0.5) is 5.69 Å². The molecule has 1 aromatic heterocycles. The topological polar surface area (TPSA) is 68.5 Å². The third-order valence-corrected chi connectivity index (χ3v) is 4.81. The minimum atomic E-state index is -0.359. The van der Waals surface area contributed by atoms with E-state index < -0.39 is 0 Å². The third kappa shape index (κ3) is 5.21. The lowest BCUT2D eigenvalue weighted by molar-refractivity contribution is -0.111. The van der Waals surface area contributed by atoms with Gasteiger partial charge in [0.2, 0.25) is 5.91 Å². The summed E-state index contributed by atoms with van der Waals surface area (Å²) in [5, 5.41) is 3.90. The van der Waals surface area contributed by atoms with Crippen LogP contribution >= 0.6 is 11.6 Å². The molecule has 0 radical (unpaired) electrons. The first kappa shape index (κ1) is 20.4. The van der Waals surface area contributed by atoms with E-state index in [1.165, 1.54) is 18.4 Å². The molecule has 1 N–H and O–H groups in total. The molecule has 4 aromatic rings. The normalized spacial score (nSPS) is 11.0. The Bertz CT molecular complexity index is 1290. The van der Waals surface area contributed by atoms with E-state index in [4.69, 9.17) is 20.8 Å². The average molecular weight is 432 g/mol. The van der Waals surface area contributed by atoms with Crippen LogP contribution < -0.4 is 15.5 Å². The largest absolute Gasteiger partial charge is 0.489 e. The SMILES string of the molecule is O=C(/C=C/c1coc2ccccc2c1=O)Nc1ccc(OCc2ccc(Cl)cc2)cc1. The Morgan fingerprint density at radius 1 is 1.00 bits per heavy atom. The molecule has 0 saturated heterocycles. The number of amides is 1. The highest BCUT2D eigenvalue weighted by molar-refractivity contribution is 6.30. The predicted octanol–water partition coefficient (Wildman–Crippen LogP) is 5.68. The van der Waals surface area contributed by atoms with Gasteiger partial charge in [0.1, 0.15) is 24.2 Å². The number of fused-ring (bicyclic) bond motifs is 1. The van der Waals surface area contributed by atoms with Gasteiger partial charge in [0.25, 0.3) is 0 Å². The van der Waals surface area contributed by atoms with Crippen LogP contribution in [0, 0.1) is 0 Å². The number of para-hydroxylation sites is 1. The van der Waals surface area contributed by atoms with Crippen molar-refractivity contribution < 1.29 is 13.9 Å². The zero-order valence-corrected chi connectivity index (χ0v) is 17.1. The van der Waals surface area contributed by atoms with Crippen molar-refractivity contribution in [3.8, 4) is 5.75 Å². The Hall–Kier alpha value is -3.83. The van der Waals surface area contributed by atoms with Crippen LogP contribution in [0.3, 0.4) is 0 Å². The van der Waals surface area contributed by atoms with E-state index in [-0.39, 0.29) is 11.3 Å². The summed E-state index contributed by atoms with van der Waals surface area (Å²) >= 11 is 5.88. The number of anilines is 1. The van der Waals surface area contributed by atoms with E-state index in [0.29, 0.717) is 39.6 Å². The molecule has 1 heterocycles. The first-order valence-electron chi connectivity index (χ1n) is 9.55. The number of ether oxygens (including phenoxy) is 1. The van der Waals surface area contributed by atoms with Gasteiger partial charge < -0.3 is 14.5 Å². The quantitative estimate of drug-likeness (QED) is 0.399. The zero-order valence-electron chi connectivity index (χ0n) is 16.4. The van der Waals surface area contributed by atoms with Crippen molar-refractivity contribution in [1.29, 1.82) is 0 Å². The Labute approximate surface area is 183 Å². The Morgan fingerprint density at radius 3 is 2.52 bits per heavy atom. The maximum Gasteiger partial charge on any atom is 0.248 e. The highest BCUT2D eigenvalue weighted by Gasteiger charge is 2.05. The minimum absolute atomic E-state index is 0.187. The number of benzene rings is 3. The number of carbonyl (C=O) groups excluding carboxylic acids is 1. The summed E-state index contributed by atoms with van der Waals surface area (Å²) in [6.45, 7) is 0.417. The summed E-state index contributed by atoms with van der Waals surface area (Å²) in [6, 6.07) is 21.4. The lowest BCUT2D eigenvalue weighted by Crippen LogP contribution is -2.09. The van der Waals surface area contributed by atoms with E-state index in [1.807, 2.05) is 24.3 Å². The molecule has 154 valence electrons. The molecule has 0 fully saturated rings. The van der Waals surface area contributed by atoms with Gasteiger partial charge in [-0.3, -0.25) is 9.59 Å². The second-order valence-corrected chi connectivity index (χ2v) is 7.21. The van der Waals surface area contributed by atoms with Crippen LogP contribution in [0.1, 0.15) is 11.1 Å². The van der Waals surface area contributed by atoms with Crippen molar-refractivity contribution in [2.75, 3.05) is 5.32 Å².